The average Bonchev–Trinajstić information content (AvgIpc) is 2.85. The van der Waals surface area contributed by atoms with E-state index in [1.54, 1.807) is 10.8 Å². The fourth-order valence-corrected chi connectivity index (χ4v) is 3.82. The molecule has 7 nitrogen and oxygen atoms in total. The summed E-state index contributed by atoms with van der Waals surface area (Å²) in [5.41, 5.74) is 3.40. The van der Waals surface area contributed by atoms with Gasteiger partial charge in [0.2, 0.25) is 5.95 Å². The second kappa shape index (κ2) is 8.53. The summed E-state index contributed by atoms with van der Waals surface area (Å²) in [6, 6.07) is 18.9. The number of nitrogens with zero attached hydrogens (tertiary/aromatic N) is 4. The molecule has 1 saturated heterocycles. The number of benzene rings is 2. The number of para-hydroxylation sites is 1. The van der Waals surface area contributed by atoms with Gasteiger partial charge in [-0.3, -0.25) is 9.36 Å². The Morgan fingerprint density at radius 1 is 1.00 bits per heavy atom. The summed E-state index contributed by atoms with van der Waals surface area (Å²) < 4.78 is 6.96. The molecule has 2 aromatic carbocycles. The van der Waals surface area contributed by atoms with Crippen molar-refractivity contribution < 1.29 is 4.74 Å². The van der Waals surface area contributed by atoms with Crippen molar-refractivity contribution in [3.63, 3.8) is 0 Å². The van der Waals surface area contributed by atoms with Crippen LogP contribution in [0.4, 0.5) is 17.3 Å². The Balaban J connectivity index is 1.51. The minimum Gasteiger partial charge on any atom is -0.378 e. The molecular weight excluding hydrogens is 402 g/mol. The molecule has 3 heterocycles. The van der Waals surface area contributed by atoms with Gasteiger partial charge in [-0.25, -0.2) is 4.98 Å². The normalized spacial score (nSPS) is 13.7. The first-order valence-electron chi connectivity index (χ1n) is 10.4. The summed E-state index contributed by atoms with van der Waals surface area (Å²) in [5, 5.41) is 3.87. The second-order valence-electron chi connectivity index (χ2n) is 7.41. The molecule has 0 bridgehead atoms. The first kappa shape index (κ1) is 19.8. The van der Waals surface area contributed by atoms with Crippen LogP contribution in [0.3, 0.4) is 0 Å². The number of aromatic nitrogens is 3. The summed E-state index contributed by atoms with van der Waals surface area (Å²) >= 11 is 0. The molecule has 1 aliphatic rings. The summed E-state index contributed by atoms with van der Waals surface area (Å²) in [7, 11) is 0. The number of ether oxygens (including phenoxy) is 1. The summed E-state index contributed by atoms with van der Waals surface area (Å²) in [6.07, 6.45) is 7.28. The van der Waals surface area contributed by atoms with E-state index in [1.807, 2.05) is 42.5 Å². The van der Waals surface area contributed by atoms with Crippen LogP contribution in [0, 0.1) is 12.3 Å². The van der Waals surface area contributed by atoms with E-state index in [0.29, 0.717) is 28.2 Å². The maximum Gasteiger partial charge on any atom is 0.258 e. The summed E-state index contributed by atoms with van der Waals surface area (Å²) in [6.45, 7) is 3.26. The van der Waals surface area contributed by atoms with Crippen LogP contribution in [-0.4, -0.2) is 40.8 Å². The summed E-state index contributed by atoms with van der Waals surface area (Å²) in [4.78, 5) is 24.2. The minimum absolute atomic E-state index is 0.240. The molecule has 32 heavy (non-hydrogen) atoms. The molecule has 0 aliphatic carbocycles. The number of fused-ring (bicyclic) bond motifs is 1. The Bertz CT molecular complexity index is 1350. The van der Waals surface area contributed by atoms with Crippen LogP contribution in [0.25, 0.3) is 16.7 Å². The lowest BCUT2D eigenvalue weighted by molar-refractivity contribution is 0.122. The zero-order valence-electron chi connectivity index (χ0n) is 17.4. The van der Waals surface area contributed by atoms with Crippen molar-refractivity contribution in [2.45, 2.75) is 0 Å². The van der Waals surface area contributed by atoms with E-state index in [-0.39, 0.29) is 5.56 Å². The SMILES string of the molecule is C#Cc1cc(=O)n(-c2ccccc2)c2nc(Nc3ccc(N4CCOCC4)cc3)ncc12. The lowest BCUT2D eigenvalue weighted by atomic mass is 10.2. The summed E-state index contributed by atoms with van der Waals surface area (Å²) in [5.74, 6) is 2.95. The highest BCUT2D eigenvalue weighted by atomic mass is 16.5. The highest BCUT2D eigenvalue weighted by Gasteiger charge is 2.14. The highest BCUT2D eigenvalue weighted by molar-refractivity contribution is 5.83. The van der Waals surface area contributed by atoms with Gasteiger partial charge in [-0.15, -0.1) is 6.42 Å². The van der Waals surface area contributed by atoms with Gasteiger partial charge >= 0.3 is 0 Å². The van der Waals surface area contributed by atoms with Crippen molar-refractivity contribution in [1.82, 2.24) is 14.5 Å². The monoisotopic (exact) mass is 423 g/mol. The number of hydrogen-bond acceptors (Lipinski definition) is 6. The van der Waals surface area contributed by atoms with E-state index in [1.165, 1.54) is 6.07 Å². The first-order valence-corrected chi connectivity index (χ1v) is 10.4. The third kappa shape index (κ3) is 3.80. The smallest absolute Gasteiger partial charge is 0.258 e. The van der Waals surface area contributed by atoms with E-state index in [9.17, 15) is 4.79 Å². The number of nitrogens with one attached hydrogen (secondary N) is 1. The van der Waals surface area contributed by atoms with Gasteiger partial charge in [-0.05, 0) is 36.4 Å². The molecule has 0 atom stereocenters. The van der Waals surface area contributed by atoms with Crippen LogP contribution < -0.4 is 15.8 Å². The van der Waals surface area contributed by atoms with Gasteiger partial charge in [0.25, 0.3) is 5.56 Å². The van der Waals surface area contributed by atoms with Crippen LogP contribution >= 0.6 is 0 Å². The molecule has 2 aromatic heterocycles. The second-order valence-corrected chi connectivity index (χ2v) is 7.41. The molecule has 1 aliphatic heterocycles. The van der Waals surface area contributed by atoms with Gasteiger partial charge in [0.05, 0.1) is 24.3 Å². The molecule has 4 aromatic rings. The van der Waals surface area contributed by atoms with E-state index in [0.717, 1.165) is 37.7 Å². The molecule has 0 amide bonds. The number of anilines is 3. The Morgan fingerprint density at radius 3 is 2.47 bits per heavy atom. The van der Waals surface area contributed by atoms with Gasteiger partial charge in [0.1, 0.15) is 0 Å². The molecule has 7 heteroatoms. The lowest BCUT2D eigenvalue weighted by Gasteiger charge is -2.28. The van der Waals surface area contributed by atoms with Gasteiger partial charge < -0.3 is 15.0 Å². The fraction of sp³-hybridized carbons (Fsp3) is 0.160. The van der Waals surface area contributed by atoms with Gasteiger partial charge in [0.15, 0.2) is 5.65 Å². The maximum atomic E-state index is 12.8. The van der Waals surface area contributed by atoms with Crippen LogP contribution in [-0.2, 0) is 4.74 Å². The zero-order valence-corrected chi connectivity index (χ0v) is 17.4. The van der Waals surface area contributed by atoms with Crippen molar-refractivity contribution in [1.29, 1.82) is 0 Å². The topological polar surface area (TPSA) is 72.3 Å². The number of terminal acetylenes is 1. The Labute approximate surface area is 185 Å². The first-order chi connectivity index (χ1) is 15.7. The van der Waals surface area contributed by atoms with Gasteiger partial charge in [0, 0.05) is 42.3 Å². The molecule has 1 N–H and O–H groups in total. The predicted molar refractivity (Wildman–Crippen MR) is 126 cm³/mol. The third-order valence-electron chi connectivity index (χ3n) is 5.43. The number of morpholine rings is 1. The van der Waals surface area contributed by atoms with Crippen molar-refractivity contribution >= 4 is 28.4 Å². The predicted octanol–water partition coefficient (Wildman–Crippen LogP) is 3.34. The van der Waals surface area contributed by atoms with E-state index >= 15 is 0 Å². The van der Waals surface area contributed by atoms with E-state index in [2.05, 4.69) is 38.2 Å². The molecule has 158 valence electrons. The average molecular weight is 423 g/mol. The minimum atomic E-state index is -0.240. The largest absolute Gasteiger partial charge is 0.378 e. The van der Waals surface area contributed by atoms with E-state index in [4.69, 9.17) is 11.2 Å². The van der Waals surface area contributed by atoms with Crippen LogP contribution in [0.15, 0.2) is 71.7 Å². The van der Waals surface area contributed by atoms with Gasteiger partial charge in [-0.2, -0.15) is 4.98 Å². The number of hydrogen-bond donors (Lipinski definition) is 1. The fourth-order valence-electron chi connectivity index (χ4n) is 3.82. The van der Waals surface area contributed by atoms with Crippen LogP contribution in [0.2, 0.25) is 0 Å². The molecular formula is C25H21N5O2. The van der Waals surface area contributed by atoms with Crippen molar-refractivity contribution in [3.8, 4) is 18.0 Å². The quantitative estimate of drug-likeness (QED) is 0.508. The zero-order chi connectivity index (χ0) is 21.9. The Morgan fingerprint density at radius 2 is 1.75 bits per heavy atom. The van der Waals surface area contributed by atoms with Crippen molar-refractivity contribution in [2.24, 2.45) is 0 Å². The molecule has 0 radical (unpaired) electrons. The standard InChI is InChI=1S/C25H21N5O2/c1-2-18-16-23(31)30(21-6-4-3-5-7-21)24-22(18)17-26-25(28-24)27-19-8-10-20(11-9-19)29-12-14-32-15-13-29/h1,3-11,16-17H,12-15H2,(H,26,27,28). The Hall–Kier alpha value is -4.15. The molecule has 0 unspecified atom stereocenters. The van der Waals surface area contributed by atoms with Gasteiger partial charge in [-0.1, -0.05) is 24.1 Å². The number of rotatable bonds is 4. The van der Waals surface area contributed by atoms with Crippen molar-refractivity contribution in [2.75, 3.05) is 36.5 Å². The third-order valence-corrected chi connectivity index (χ3v) is 5.43. The molecule has 1 fully saturated rings. The molecule has 5 rings (SSSR count). The van der Waals surface area contributed by atoms with E-state index < -0.39 is 0 Å². The molecule has 0 saturated carbocycles. The number of pyridine rings is 1. The molecule has 0 spiro atoms. The van der Waals surface area contributed by atoms with Crippen LogP contribution in [0.5, 0.6) is 0 Å². The van der Waals surface area contributed by atoms with Crippen molar-refractivity contribution in [3.05, 3.63) is 82.8 Å². The Kier molecular flexibility index (Phi) is 5.28. The van der Waals surface area contributed by atoms with Crippen LogP contribution in [0.1, 0.15) is 5.56 Å². The lowest BCUT2D eigenvalue weighted by Crippen LogP contribution is -2.36. The maximum absolute atomic E-state index is 12.8. The highest BCUT2D eigenvalue weighted by Crippen LogP contribution is 2.23.